The van der Waals surface area contributed by atoms with Gasteiger partial charge in [-0.25, -0.2) is 9.37 Å². The molecule has 1 aromatic heterocycles. The van der Waals surface area contributed by atoms with Crippen molar-refractivity contribution in [1.29, 1.82) is 0 Å². The Kier molecular flexibility index (Phi) is 4.44. The van der Waals surface area contributed by atoms with Gasteiger partial charge < -0.3 is 5.11 Å². The van der Waals surface area contributed by atoms with Gasteiger partial charge in [0, 0.05) is 24.9 Å². The molecule has 1 aromatic carbocycles. The van der Waals surface area contributed by atoms with Crippen molar-refractivity contribution in [2.24, 2.45) is 0 Å². The molecule has 1 aliphatic rings. The van der Waals surface area contributed by atoms with Crippen LogP contribution in [-0.2, 0) is 18.4 Å². The number of aromatic amines is 1. The Morgan fingerprint density at radius 2 is 2.00 bits per heavy atom. The van der Waals surface area contributed by atoms with Crippen LogP contribution in [0, 0.1) is 5.82 Å². The van der Waals surface area contributed by atoms with Crippen LogP contribution in [0.4, 0.5) is 4.39 Å². The number of hydrogen-bond donors (Lipinski definition) is 2. The summed E-state index contributed by atoms with van der Waals surface area (Å²) < 4.78 is 13.0. The van der Waals surface area contributed by atoms with E-state index in [0.717, 1.165) is 23.8 Å². The van der Waals surface area contributed by atoms with Crippen LogP contribution < -0.4 is 0 Å². The van der Waals surface area contributed by atoms with E-state index in [1.165, 1.54) is 12.1 Å². The molecular weight excluding hydrogens is 307 g/mol. The van der Waals surface area contributed by atoms with Crippen molar-refractivity contribution in [1.82, 2.24) is 20.1 Å². The zero-order valence-corrected chi connectivity index (χ0v) is 14.5. The highest BCUT2D eigenvalue weighted by atomic mass is 19.1. The lowest BCUT2D eigenvalue weighted by Gasteiger charge is -2.23. The summed E-state index contributed by atoms with van der Waals surface area (Å²) in [5.41, 5.74) is 0.101. The van der Waals surface area contributed by atoms with Gasteiger partial charge in [0.15, 0.2) is 5.82 Å². The van der Waals surface area contributed by atoms with E-state index in [1.54, 1.807) is 12.1 Å². The number of hydrogen-bond acceptors (Lipinski definition) is 4. The molecule has 3 rings (SSSR count). The molecule has 1 fully saturated rings. The summed E-state index contributed by atoms with van der Waals surface area (Å²) >= 11 is 0. The minimum Gasteiger partial charge on any atom is -0.388 e. The predicted octanol–water partition coefficient (Wildman–Crippen LogP) is 2.42. The minimum absolute atomic E-state index is 0.0803. The molecule has 1 unspecified atom stereocenters. The quantitative estimate of drug-likeness (QED) is 0.902. The average Bonchev–Trinajstić information content (AvgIpc) is 3.09. The number of β-amino-alcohol motifs (C(OH)–C–C–N with tert-alkyl or cyclic N) is 1. The molecule has 6 heteroatoms. The fraction of sp³-hybridized carbons (Fsp3) is 0.556. The van der Waals surface area contributed by atoms with Crippen molar-refractivity contribution in [3.8, 4) is 0 Å². The lowest BCUT2D eigenvalue weighted by atomic mass is 9.94. The zero-order chi connectivity index (χ0) is 17.4. The van der Waals surface area contributed by atoms with Crippen LogP contribution in [0.3, 0.4) is 0 Å². The summed E-state index contributed by atoms with van der Waals surface area (Å²) in [6.07, 6.45) is 1.23. The molecule has 2 N–H and O–H groups in total. The van der Waals surface area contributed by atoms with E-state index >= 15 is 0 Å². The topological polar surface area (TPSA) is 65.0 Å². The first-order chi connectivity index (χ1) is 11.2. The first-order valence-corrected chi connectivity index (χ1v) is 8.34. The van der Waals surface area contributed by atoms with Crippen LogP contribution in [0.15, 0.2) is 24.3 Å². The Labute approximate surface area is 141 Å². The number of aliphatic hydroxyl groups is 1. The number of aromatic nitrogens is 3. The van der Waals surface area contributed by atoms with Gasteiger partial charge in [-0.15, -0.1) is 0 Å². The molecule has 0 radical (unpaired) electrons. The molecule has 0 bridgehead atoms. The fourth-order valence-corrected chi connectivity index (χ4v) is 3.12. The lowest BCUT2D eigenvalue weighted by Crippen LogP contribution is -2.35. The highest BCUT2D eigenvalue weighted by molar-refractivity contribution is 5.19. The summed E-state index contributed by atoms with van der Waals surface area (Å²) in [7, 11) is 0. The molecule has 0 aliphatic carbocycles. The normalized spacial score (nSPS) is 22.2. The van der Waals surface area contributed by atoms with Crippen molar-refractivity contribution in [3.05, 3.63) is 47.3 Å². The van der Waals surface area contributed by atoms with E-state index < -0.39 is 5.60 Å². The third-order valence-electron chi connectivity index (χ3n) is 4.43. The Morgan fingerprint density at radius 3 is 2.62 bits per heavy atom. The van der Waals surface area contributed by atoms with Crippen molar-refractivity contribution in [3.63, 3.8) is 0 Å². The third kappa shape index (κ3) is 3.99. The molecule has 0 saturated carbocycles. The summed E-state index contributed by atoms with van der Waals surface area (Å²) in [4.78, 5) is 6.73. The van der Waals surface area contributed by atoms with E-state index in [1.807, 2.05) is 0 Å². The number of likely N-dealkylation sites (tertiary alicyclic amines) is 1. The van der Waals surface area contributed by atoms with Gasteiger partial charge in [0.1, 0.15) is 11.6 Å². The van der Waals surface area contributed by atoms with Gasteiger partial charge in [0.25, 0.3) is 0 Å². The highest BCUT2D eigenvalue weighted by Crippen LogP contribution is 2.27. The number of nitrogens with one attached hydrogen (secondary N) is 1. The summed E-state index contributed by atoms with van der Waals surface area (Å²) in [6.45, 7) is 8.28. The Hall–Kier alpha value is -1.79. The number of halogens is 1. The van der Waals surface area contributed by atoms with Crippen LogP contribution in [0.5, 0.6) is 0 Å². The Bertz CT molecular complexity index is 692. The van der Waals surface area contributed by atoms with Crippen molar-refractivity contribution < 1.29 is 9.50 Å². The predicted molar refractivity (Wildman–Crippen MR) is 90.0 cm³/mol. The number of nitrogens with zero attached hydrogens (tertiary/aromatic N) is 3. The van der Waals surface area contributed by atoms with Gasteiger partial charge in [-0.05, 0) is 24.1 Å². The summed E-state index contributed by atoms with van der Waals surface area (Å²) in [5, 5.41) is 18.1. The SMILES string of the molecule is CC(C)(C)c1n[nH]c(CN2CCC(O)(Cc3ccc(F)cc3)C2)n1. The van der Waals surface area contributed by atoms with E-state index in [9.17, 15) is 9.50 Å². The van der Waals surface area contributed by atoms with Gasteiger partial charge in [0.2, 0.25) is 0 Å². The number of benzene rings is 1. The van der Waals surface area contributed by atoms with Gasteiger partial charge in [-0.1, -0.05) is 32.9 Å². The fourth-order valence-electron chi connectivity index (χ4n) is 3.12. The molecule has 24 heavy (non-hydrogen) atoms. The molecule has 2 aromatic rings. The van der Waals surface area contributed by atoms with Gasteiger partial charge in [0.05, 0.1) is 12.1 Å². The smallest absolute Gasteiger partial charge is 0.156 e. The standard InChI is InChI=1S/C18H25FN4O/c1-17(2,3)16-20-15(21-22-16)11-23-9-8-18(24,12-23)10-13-4-6-14(19)7-5-13/h4-7,24H,8-12H2,1-3H3,(H,20,21,22). The molecule has 1 atom stereocenters. The van der Waals surface area contributed by atoms with Crippen LogP contribution in [0.2, 0.25) is 0 Å². The number of H-pyrrole nitrogens is 1. The minimum atomic E-state index is -0.773. The maximum absolute atomic E-state index is 13.0. The average molecular weight is 332 g/mol. The first-order valence-electron chi connectivity index (χ1n) is 8.34. The second-order valence-corrected chi connectivity index (χ2v) is 7.84. The van der Waals surface area contributed by atoms with E-state index in [2.05, 4.69) is 40.9 Å². The number of rotatable bonds is 4. The lowest BCUT2D eigenvalue weighted by molar-refractivity contribution is 0.0485. The molecule has 5 nitrogen and oxygen atoms in total. The third-order valence-corrected chi connectivity index (χ3v) is 4.43. The van der Waals surface area contributed by atoms with Gasteiger partial charge >= 0.3 is 0 Å². The zero-order valence-electron chi connectivity index (χ0n) is 14.5. The van der Waals surface area contributed by atoms with Gasteiger partial charge in [-0.2, -0.15) is 5.10 Å². The second-order valence-electron chi connectivity index (χ2n) is 7.84. The van der Waals surface area contributed by atoms with Crippen molar-refractivity contribution in [2.45, 2.75) is 51.2 Å². The maximum Gasteiger partial charge on any atom is 0.156 e. The van der Waals surface area contributed by atoms with Crippen LogP contribution in [0.1, 0.15) is 44.4 Å². The molecular formula is C18H25FN4O. The summed E-state index contributed by atoms with van der Waals surface area (Å²) in [5.74, 6) is 1.38. The molecule has 2 heterocycles. The Morgan fingerprint density at radius 1 is 1.29 bits per heavy atom. The Balaban J connectivity index is 1.60. The highest BCUT2D eigenvalue weighted by Gasteiger charge is 2.36. The monoisotopic (exact) mass is 332 g/mol. The first kappa shape index (κ1) is 17.0. The van der Waals surface area contributed by atoms with E-state index in [-0.39, 0.29) is 11.2 Å². The molecule has 0 amide bonds. The largest absolute Gasteiger partial charge is 0.388 e. The molecule has 130 valence electrons. The molecule has 1 aliphatic heterocycles. The van der Waals surface area contributed by atoms with E-state index in [0.29, 0.717) is 25.9 Å². The van der Waals surface area contributed by atoms with Crippen LogP contribution >= 0.6 is 0 Å². The maximum atomic E-state index is 13.0. The second kappa shape index (κ2) is 6.26. The molecule has 1 saturated heterocycles. The van der Waals surface area contributed by atoms with Crippen LogP contribution in [0.25, 0.3) is 0 Å². The van der Waals surface area contributed by atoms with Gasteiger partial charge in [-0.3, -0.25) is 10.00 Å². The molecule has 0 spiro atoms. The van der Waals surface area contributed by atoms with Crippen molar-refractivity contribution in [2.75, 3.05) is 13.1 Å². The van der Waals surface area contributed by atoms with Crippen molar-refractivity contribution >= 4 is 0 Å². The summed E-state index contributed by atoms with van der Waals surface area (Å²) in [6, 6.07) is 6.35. The van der Waals surface area contributed by atoms with E-state index in [4.69, 9.17) is 0 Å². The van der Waals surface area contributed by atoms with Crippen LogP contribution in [-0.4, -0.2) is 43.9 Å².